The van der Waals surface area contributed by atoms with Gasteiger partial charge in [0.25, 0.3) is 0 Å². The highest BCUT2D eigenvalue weighted by Crippen LogP contribution is 2.68. The van der Waals surface area contributed by atoms with Crippen molar-refractivity contribution in [2.45, 2.75) is 62.2 Å². The van der Waals surface area contributed by atoms with E-state index in [4.69, 9.17) is 11.0 Å². The lowest BCUT2D eigenvalue weighted by molar-refractivity contribution is 0.318. The van der Waals surface area contributed by atoms with Gasteiger partial charge in [0.2, 0.25) is 6.71 Å². The minimum absolute atomic E-state index is 0.00273. The van der Waals surface area contributed by atoms with Gasteiger partial charge in [-0.15, -0.1) is 0 Å². The molecule has 5 aliphatic carbocycles. The molecule has 1 aromatic heterocycles. The molecule has 8 aromatic carbocycles. The number of benzene rings is 8. The molecule has 3 aliphatic heterocycles. The summed E-state index contributed by atoms with van der Waals surface area (Å²) in [6, 6.07) is 75.6. The van der Waals surface area contributed by atoms with Gasteiger partial charge in [0, 0.05) is 80.8 Å². The minimum atomic E-state index is -0.489. The van der Waals surface area contributed by atoms with Gasteiger partial charge >= 0.3 is 0 Å². The van der Waals surface area contributed by atoms with E-state index in [0.717, 1.165) is 81.4 Å². The summed E-state index contributed by atoms with van der Waals surface area (Å²) in [4.78, 5) is 7.89. The lowest BCUT2D eigenvalue weighted by Gasteiger charge is -2.53. The molecule has 6 heteroatoms. The lowest BCUT2D eigenvalue weighted by Crippen LogP contribution is -2.56. The van der Waals surface area contributed by atoms with Gasteiger partial charge in [0.1, 0.15) is 11.3 Å². The Labute approximate surface area is 547 Å². The Morgan fingerprint density at radius 2 is 1.37 bits per heavy atom. The molecule has 0 saturated carbocycles. The zero-order chi connectivity index (χ0) is 62.5. The summed E-state index contributed by atoms with van der Waals surface area (Å²) in [6.07, 6.45) is 36.7. The van der Waals surface area contributed by atoms with Crippen LogP contribution in [0.25, 0.3) is 28.2 Å². The molecule has 93 heavy (non-hydrogen) atoms. The summed E-state index contributed by atoms with van der Waals surface area (Å²) in [5, 5.41) is 5.16. The standard InChI is InChI=1S/C87H73BN4O/c1-6-57(5)79-76(9-4)93-77-48-32-47-73(82(77)79)90(62-39-22-13-23-40-62)64-55-74-83-75(56-64)92(63-41-24-14-25-42-63)85-72(53-51-70-81(85)66-44-28-30-46-68(66)87(70,60-37-20-12-21-38-60)78-49-26-15-31-54-89-78)88(83)71-52-50-69-80(84(71)91(74)61(7-2)8-3)65-43-27-29-45-67(65)86(69,58-33-16-10-17-34-58)59-35-18-11-19-36-59/h6-35,37-51,53,55-56,59,70-71,78,81,89H,2,4,36,52,54H2,1,3,5H3/b57-6-,61-8+. The maximum absolute atomic E-state index is 6.83. The Hall–Kier alpha value is -10.4. The highest BCUT2D eigenvalue weighted by atomic mass is 16.3. The second-order valence-corrected chi connectivity index (χ2v) is 26.0. The summed E-state index contributed by atoms with van der Waals surface area (Å²) in [6.45, 7) is 16.2. The number of nitrogens with one attached hydrogen (secondary N) is 1. The fraction of sp³-hybridized carbons (Fsp3) is 0.149. The van der Waals surface area contributed by atoms with Crippen molar-refractivity contribution < 1.29 is 4.42 Å². The fourth-order valence-electron chi connectivity index (χ4n) is 18.3. The van der Waals surface area contributed by atoms with Gasteiger partial charge in [-0.3, -0.25) is 0 Å². The van der Waals surface area contributed by atoms with E-state index in [-0.39, 0.29) is 36.3 Å². The first-order chi connectivity index (χ1) is 45.9. The van der Waals surface area contributed by atoms with Gasteiger partial charge in [0.15, 0.2) is 0 Å². The zero-order valence-corrected chi connectivity index (χ0v) is 53.0. The van der Waals surface area contributed by atoms with Gasteiger partial charge in [-0.25, -0.2) is 0 Å². The van der Waals surface area contributed by atoms with E-state index in [1.807, 2.05) is 6.08 Å². The highest BCUT2D eigenvalue weighted by Gasteiger charge is 2.62. The number of nitrogens with zero attached hydrogens (tertiary/aromatic N) is 3. The second kappa shape index (κ2) is 22.5. The van der Waals surface area contributed by atoms with Crippen LogP contribution in [-0.2, 0) is 10.8 Å². The van der Waals surface area contributed by atoms with E-state index in [9.17, 15) is 0 Å². The molecule has 17 rings (SSSR count). The average molecular weight is 1200 g/mol. The Morgan fingerprint density at radius 3 is 2.11 bits per heavy atom. The van der Waals surface area contributed by atoms with Crippen LogP contribution in [0.1, 0.15) is 84.2 Å². The largest absolute Gasteiger partial charge is 0.456 e. The zero-order valence-electron chi connectivity index (χ0n) is 53.0. The number of hydrogen-bond acceptors (Lipinski definition) is 5. The van der Waals surface area contributed by atoms with Crippen molar-refractivity contribution in [1.82, 2.24) is 5.32 Å². The van der Waals surface area contributed by atoms with Crippen LogP contribution in [0.5, 0.6) is 0 Å². The molecule has 7 atom stereocenters. The summed E-state index contributed by atoms with van der Waals surface area (Å²) >= 11 is 0. The summed E-state index contributed by atoms with van der Waals surface area (Å²) < 4.78 is 6.83. The van der Waals surface area contributed by atoms with Crippen LogP contribution < -0.4 is 25.5 Å². The van der Waals surface area contributed by atoms with Crippen LogP contribution in [0.2, 0.25) is 5.82 Å². The normalized spacial score (nSPS) is 23.8. The number of para-hydroxylation sites is 2. The first kappa shape index (κ1) is 56.6. The monoisotopic (exact) mass is 1200 g/mol. The van der Waals surface area contributed by atoms with Crippen molar-refractivity contribution in [2.75, 3.05) is 21.2 Å². The molecule has 8 aliphatic rings. The van der Waals surface area contributed by atoms with E-state index in [1.54, 1.807) is 0 Å². The van der Waals surface area contributed by atoms with Crippen molar-refractivity contribution in [3.05, 3.63) is 371 Å². The third kappa shape index (κ3) is 8.10. The SMILES string of the molecule is C=C/C(=C\C)N1C2=C3C(=CCC2B2C4=C(C5c6ccccc6C(c6ccccc6)(C6C=CC=CCN6)C5C=C4)N(c4ccccc4)c4cc(N(c5ccccc5)c5cccc6oc(C=C)c(/C(C)=C\C)c56)cc1c42)C(c1ccccc1)(C1C=CC=CC1)c1ccccc13. The van der Waals surface area contributed by atoms with Crippen molar-refractivity contribution in [1.29, 1.82) is 0 Å². The molecule has 0 bridgehead atoms. The van der Waals surface area contributed by atoms with Crippen molar-refractivity contribution in [3.8, 4) is 0 Å². The lowest BCUT2D eigenvalue weighted by atomic mass is 9.27. The van der Waals surface area contributed by atoms with E-state index < -0.39 is 10.8 Å². The molecule has 4 heterocycles. The molecular weight excluding hydrogens is 1130 g/mol. The van der Waals surface area contributed by atoms with Crippen LogP contribution >= 0.6 is 0 Å². The molecule has 450 valence electrons. The number of allylic oxidation sites excluding steroid dienone is 18. The van der Waals surface area contributed by atoms with Crippen LogP contribution in [0.4, 0.5) is 34.1 Å². The molecular formula is C87H73BN4O. The molecule has 0 saturated heterocycles. The topological polar surface area (TPSA) is 34.9 Å². The number of rotatable bonds is 12. The van der Waals surface area contributed by atoms with Crippen LogP contribution in [0.3, 0.4) is 0 Å². The van der Waals surface area contributed by atoms with Gasteiger partial charge in [-0.1, -0.05) is 249 Å². The predicted molar refractivity (Wildman–Crippen MR) is 390 cm³/mol. The maximum atomic E-state index is 6.83. The summed E-state index contributed by atoms with van der Waals surface area (Å²) in [5.74, 6) is 0.875. The summed E-state index contributed by atoms with van der Waals surface area (Å²) in [7, 11) is 0. The molecule has 0 spiro atoms. The third-order valence-corrected chi connectivity index (χ3v) is 21.9. The molecule has 0 amide bonds. The molecule has 0 radical (unpaired) electrons. The third-order valence-electron chi connectivity index (χ3n) is 21.9. The van der Waals surface area contributed by atoms with E-state index >= 15 is 0 Å². The van der Waals surface area contributed by atoms with Crippen molar-refractivity contribution in [3.63, 3.8) is 0 Å². The highest BCUT2D eigenvalue weighted by molar-refractivity contribution is 6.86. The molecule has 9 aromatic rings. The molecule has 0 fully saturated rings. The first-order valence-electron chi connectivity index (χ1n) is 33.3. The second-order valence-electron chi connectivity index (χ2n) is 26.0. The van der Waals surface area contributed by atoms with Crippen LogP contribution in [-0.4, -0.2) is 19.3 Å². The number of anilines is 6. The Morgan fingerprint density at radius 1 is 0.667 bits per heavy atom. The fourth-order valence-corrected chi connectivity index (χ4v) is 18.3. The van der Waals surface area contributed by atoms with Gasteiger partial charge in [0.05, 0.1) is 22.2 Å². The Bertz CT molecular complexity index is 4880. The van der Waals surface area contributed by atoms with Gasteiger partial charge in [-0.05, 0) is 156 Å². The predicted octanol–water partition coefficient (Wildman–Crippen LogP) is 20.4. The average Bonchev–Trinajstić information content (AvgIpc) is 1.63. The van der Waals surface area contributed by atoms with E-state index in [1.165, 1.54) is 72.5 Å². The number of hydrogen-bond donors (Lipinski definition) is 1. The number of fused-ring (bicyclic) bond motifs is 11. The maximum Gasteiger partial charge on any atom is 0.226 e. The Balaban J connectivity index is 1.02. The Kier molecular flexibility index (Phi) is 13.7. The van der Waals surface area contributed by atoms with E-state index in [2.05, 4.69) is 333 Å². The quantitative estimate of drug-likeness (QED) is 0.0974. The van der Waals surface area contributed by atoms with Gasteiger partial charge < -0.3 is 24.4 Å². The van der Waals surface area contributed by atoms with Crippen LogP contribution in [0, 0.1) is 11.8 Å². The first-order valence-corrected chi connectivity index (χ1v) is 33.3. The van der Waals surface area contributed by atoms with Crippen molar-refractivity contribution in [2.24, 2.45) is 11.8 Å². The number of furan rings is 1. The van der Waals surface area contributed by atoms with Gasteiger partial charge in [-0.2, -0.15) is 0 Å². The van der Waals surface area contributed by atoms with E-state index in [0.29, 0.717) is 0 Å². The smallest absolute Gasteiger partial charge is 0.226 e. The van der Waals surface area contributed by atoms with Crippen molar-refractivity contribution >= 4 is 74.5 Å². The summed E-state index contributed by atoms with van der Waals surface area (Å²) in [5.41, 5.74) is 25.7. The van der Waals surface area contributed by atoms with Crippen LogP contribution in [0.15, 0.2) is 331 Å². The minimum Gasteiger partial charge on any atom is -0.456 e. The molecule has 1 N–H and O–H groups in total. The molecule has 5 nitrogen and oxygen atoms in total. The molecule has 7 unspecified atom stereocenters.